The smallest absolute Gasteiger partial charge is 0.209 e. The fourth-order valence-electron chi connectivity index (χ4n) is 1.93. The molecule has 0 heterocycles. The van der Waals surface area contributed by atoms with E-state index in [1.54, 1.807) is 0 Å². The molecule has 0 aromatic heterocycles. The highest BCUT2D eigenvalue weighted by atomic mass is 16.3. The van der Waals surface area contributed by atoms with Gasteiger partial charge in [-0.15, -0.1) is 0 Å². The van der Waals surface area contributed by atoms with Gasteiger partial charge in [-0.1, -0.05) is 13.8 Å². The Labute approximate surface area is 112 Å². The lowest BCUT2D eigenvalue weighted by Crippen LogP contribution is -2.44. The third-order valence-electron chi connectivity index (χ3n) is 3.31. The molecule has 106 valence electrons. The molecular weight excluding hydrogens is 248 g/mol. The first-order valence-electron chi connectivity index (χ1n) is 6.25. The highest BCUT2D eigenvalue weighted by Gasteiger charge is 2.45. The second kappa shape index (κ2) is 5.17. The van der Waals surface area contributed by atoms with Gasteiger partial charge in [0.15, 0.2) is 11.4 Å². The second-order valence-corrected chi connectivity index (χ2v) is 5.45. The van der Waals surface area contributed by atoms with Crippen LogP contribution in [0.3, 0.4) is 0 Å². The molecule has 5 heteroatoms. The summed E-state index contributed by atoms with van der Waals surface area (Å²) >= 11 is 0. The Morgan fingerprint density at radius 3 is 2.32 bits per heavy atom. The molecule has 0 amide bonds. The molecule has 1 aliphatic rings. The van der Waals surface area contributed by atoms with Crippen molar-refractivity contribution in [3.05, 3.63) is 22.7 Å². The highest BCUT2D eigenvalue weighted by Crippen LogP contribution is 2.33. The second-order valence-electron chi connectivity index (χ2n) is 5.45. The summed E-state index contributed by atoms with van der Waals surface area (Å²) in [6.07, 6.45) is 0.701. The van der Waals surface area contributed by atoms with Crippen molar-refractivity contribution in [3.63, 3.8) is 0 Å². The van der Waals surface area contributed by atoms with Crippen molar-refractivity contribution in [1.29, 1.82) is 0 Å². The molecule has 0 aromatic rings. The third kappa shape index (κ3) is 2.71. The number of hydrogen-bond acceptors (Lipinski definition) is 5. The molecule has 0 aliphatic heterocycles. The summed E-state index contributed by atoms with van der Waals surface area (Å²) in [5.74, 6) is -2.33. The fraction of sp³-hybridized carbons (Fsp3) is 0.571. The van der Waals surface area contributed by atoms with Crippen LogP contribution < -0.4 is 0 Å². The molecular formula is C14H20O5. The zero-order valence-corrected chi connectivity index (χ0v) is 11.6. The van der Waals surface area contributed by atoms with Gasteiger partial charge in [-0.25, -0.2) is 0 Å². The minimum atomic E-state index is -2.15. The van der Waals surface area contributed by atoms with Crippen molar-refractivity contribution in [3.8, 4) is 0 Å². The monoisotopic (exact) mass is 268 g/mol. The van der Waals surface area contributed by atoms with Gasteiger partial charge in [-0.2, -0.15) is 0 Å². The van der Waals surface area contributed by atoms with Crippen LogP contribution in [0.15, 0.2) is 22.7 Å². The van der Waals surface area contributed by atoms with E-state index in [0.717, 1.165) is 6.92 Å². The Kier molecular flexibility index (Phi) is 4.20. The van der Waals surface area contributed by atoms with Gasteiger partial charge in [-0.05, 0) is 26.2 Å². The normalized spacial score (nSPS) is 24.4. The van der Waals surface area contributed by atoms with Crippen molar-refractivity contribution in [1.82, 2.24) is 0 Å². The number of Topliss-reactive ketones (excluding diaryl/α,β-unsaturated/α-hetero) is 2. The highest BCUT2D eigenvalue weighted by molar-refractivity contribution is 6.25. The first-order valence-corrected chi connectivity index (χ1v) is 6.25. The molecule has 0 aromatic carbocycles. The number of hydrogen-bond donors (Lipinski definition) is 3. The summed E-state index contributed by atoms with van der Waals surface area (Å²) in [7, 11) is 0. The summed E-state index contributed by atoms with van der Waals surface area (Å²) < 4.78 is 0. The fourth-order valence-corrected chi connectivity index (χ4v) is 1.93. The molecule has 0 spiro atoms. The minimum Gasteiger partial charge on any atom is -0.508 e. The van der Waals surface area contributed by atoms with E-state index in [1.165, 1.54) is 6.92 Å². The van der Waals surface area contributed by atoms with Crippen LogP contribution in [0.1, 0.15) is 40.5 Å². The van der Waals surface area contributed by atoms with Crippen LogP contribution in [0.4, 0.5) is 0 Å². The van der Waals surface area contributed by atoms with Crippen molar-refractivity contribution in [2.45, 2.75) is 46.1 Å². The quantitative estimate of drug-likeness (QED) is 0.677. The lowest BCUT2D eigenvalue weighted by Gasteiger charge is -2.28. The van der Waals surface area contributed by atoms with Gasteiger partial charge in [0.05, 0.1) is 0 Å². The Morgan fingerprint density at radius 2 is 1.84 bits per heavy atom. The molecule has 1 aliphatic carbocycles. The summed E-state index contributed by atoms with van der Waals surface area (Å²) in [5.41, 5.74) is -2.61. The van der Waals surface area contributed by atoms with E-state index in [-0.39, 0.29) is 17.9 Å². The molecule has 0 saturated carbocycles. The van der Waals surface area contributed by atoms with E-state index < -0.39 is 34.3 Å². The minimum absolute atomic E-state index is 0.0440. The van der Waals surface area contributed by atoms with Crippen LogP contribution in [0.25, 0.3) is 0 Å². The first kappa shape index (κ1) is 15.4. The van der Waals surface area contributed by atoms with Gasteiger partial charge in [0, 0.05) is 12.0 Å². The largest absolute Gasteiger partial charge is 0.508 e. The number of carbonyl (C=O) groups excluding carboxylic acids is 2. The number of aliphatic hydroxyl groups excluding tert-OH is 2. The Bertz CT molecular complexity index is 480. The molecule has 0 bridgehead atoms. The number of carbonyl (C=O) groups is 2. The third-order valence-corrected chi connectivity index (χ3v) is 3.31. The number of aliphatic hydroxyl groups is 3. The molecule has 1 rings (SSSR count). The average Bonchev–Trinajstić information content (AvgIpc) is 2.32. The molecule has 19 heavy (non-hydrogen) atoms. The molecule has 1 unspecified atom stereocenters. The maximum Gasteiger partial charge on any atom is 0.209 e. The maximum atomic E-state index is 12.0. The molecule has 3 N–H and O–H groups in total. The summed E-state index contributed by atoms with van der Waals surface area (Å²) in [6, 6.07) is 0. The first-order chi connectivity index (χ1) is 8.60. The Morgan fingerprint density at radius 1 is 1.32 bits per heavy atom. The molecule has 0 saturated heterocycles. The van der Waals surface area contributed by atoms with Crippen LogP contribution in [-0.4, -0.2) is 32.5 Å². The van der Waals surface area contributed by atoms with Crippen molar-refractivity contribution < 1.29 is 24.9 Å². The van der Waals surface area contributed by atoms with Crippen LogP contribution in [0.5, 0.6) is 0 Å². The van der Waals surface area contributed by atoms with Gasteiger partial charge < -0.3 is 15.3 Å². The van der Waals surface area contributed by atoms with Crippen molar-refractivity contribution in [2.75, 3.05) is 0 Å². The summed E-state index contributed by atoms with van der Waals surface area (Å²) in [4.78, 5) is 24.0. The lowest BCUT2D eigenvalue weighted by atomic mass is 9.81. The lowest BCUT2D eigenvalue weighted by molar-refractivity contribution is -0.134. The summed E-state index contributed by atoms with van der Waals surface area (Å²) in [6.45, 7) is 6.34. The van der Waals surface area contributed by atoms with Gasteiger partial charge in [0.2, 0.25) is 5.78 Å². The van der Waals surface area contributed by atoms with Gasteiger partial charge in [0.25, 0.3) is 0 Å². The van der Waals surface area contributed by atoms with Crippen LogP contribution in [-0.2, 0) is 9.59 Å². The van der Waals surface area contributed by atoms with E-state index in [2.05, 4.69) is 0 Å². The maximum absolute atomic E-state index is 12.0. The number of rotatable bonds is 4. The van der Waals surface area contributed by atoms with E-state index in [1.807, 2.05) is 13.8 Å². The van der Waals surface area contributed by atoms with Gasteiger partial charge >= 0.3 is 0 Å². The molecule has 1 atom stereocenters. The predicted octanol–water partition coefficient (Wildman–Crippen LogP) is 1.97. The van der Waals surface area contributed by atoms with Crippen molar-refractivity contribution in [2.24, 2.45) is 5.92 Å². The predicted molar refractivity (Wildman–Crippen MR) is 69.7 cm³/mol. The zero-order chi connectivity index (χ0) is 15.0. The van der Waals surface area contributed by atoms with Crippen LogP contribution in [0.2, 0.25) is 0 Å². The van der Waals surface area contributed by atoms with Crippen LogP contribution in [0, 0.1) is 5.92 Å². The van der Waals surface area contributed by atoms with E-state index in [4.69, 9.17) is 0 Å². The standard InChI is InChI=1S/C14H20O5/c1-7(2)5-6-9(15)10-11(16)8(3)12(17)14(4,19)13(10)18/h7,16-17,19H,5-6H2,1-4H3. The molecule has 0 radical (unpaired) electrons. The van der Waals surface area contributed by atoms with E-state index in [0.29, 0.717) is 6.42 Å². The summed E-state index contributed by atoms with van der Waals surface area (Å²) in [5, 5.41) is 29.5. The SMILES string of the molecule is CC1=C(O)C(C)(O)C(=O)C(C(=O)CCC(C)C)=C1O. The zero-order valence-electron chi connectivity index (χ0n) is 11.6. The molecule has 5 nitrogen and oxygen atoms in total. The van der Waals surface area contributed by atoms with Gasteiger partial charge in [-0.3, -0.25) is 9.59 Å². The molecule has 0 fully saturated rings. The topological polar surface area (TPSA) is 94.8 Å². The van der Waals surface area contributed by atoms with Crippen molar-refractivity contribution >= 4 is 11.6 Å². The van der Waals surface area contributed by atoms with Gasteiger partial charge in [0.1, 0.15) is 17.1 Å². The van der Waals surface area contributed by atoms with E-state index >= 15 is 0 Å². The van der Waals surface area contributed by atoms with E-state index in [9.17, 15) is 24.9 Å². The number of ketones is 2. The Hall–Kier alpha value is -1.62. The average molecular weight is 268 g/mol. The Balaban J connectivity index is 3.18. The number of allylic oxidation sites excluding steroid dienone is 1. The van der Waals surface area contributed by atoms with Crippen LogP contribution >= 0.6 is 0 Å².